The Balaban J connectivity index is 1.77. The molecule has 0 amide bonds. The lowest BCUT2D eigenvalue weighted by molar-refractivity contribution is -0.0498. The van der Waals surface area contributed by atoms with Crippen LogP contribution in [0.25, 0.3) is 11.0 Å². The van der Waals surface area contributed by atoms with Crippen LogP contribution in [0, 0.1) is 0 Å². The highest BCUT2D eigenvalue weighted by Crippen LogP contribution is 2.42. The van der Waals surface area contributed by atoms with Crippen LogP contribution in [0.1, 0.15) is 25.8 Å². The van der Waals surface area contributed by atoms with Crippen LogP contribution in [-0.2, 0) is 0 Å². The quantitative estimate of drug-likeness (QED) is 0.861. The molecule has 5 heteroatoms. The summed E-state index contributed by atoms with van der Waals surface area (Å²) in [6.45, 7) is 2.61. The number of imidazole rings is 1. The molecule has 0 bridgehead atoms. The number of rotatable bonds is 5. The van der Waals surface area contributed by atoms with Gasteiger partial charge in [-0.05, 0) is 38.2 Å². The Bertz CT molecular complexity index is 601. The zero-order valence-corrected chi connectivity index (χ0v) is 12.7. The van der Waals surface area contributed by atoms with Crippen LogP contribution in [0.5, 0.6) is 5.75 Å². The molecule has 2 aromatic rings. The fourth-order valence-electron chi connectivity index (χ4n) is 2.79. The topological polar surface area (TPSA) is 47.3 Å². The second-order valence-electron chi connectivity index (χ2n) is 5.70. The minimum atomic E-state index is -0.512. The summed E-state index contributed by atoms with van der Waals surface area (Å²) in [6.07, 6.45) is 5.53. The monoisotopic (exact) mass is 292 g/mol. The van der Waals surface area contributed by atoms with Crippen molar-refractivity contribution in [2.45, 2.75) is 31.4 Å². The second-order valence-corrected chi connectivity index (χ2v) is 6.69. The van der Waals surface area contributed by atoms with Crippen molar-refractivity contribution >= 4 is 22.8 Å². The van der Waals surface area contributed by atoms with Gasteiger partial charge in [0.05, 0.1) is 29.6 Å². The van der Waals surface area contributed by atoms with Gasteiger partial charge >= 0.3 is 0 Å². The summed E-state index contributed by atoms with van der Waals surface area (Å²) in [5, 5.41) is 9.86. The number of hydrogen-bond acceptors (Lipinski definition) is 4. The molecule has 1 N–H and O–H groups in total. The van der Waals surface area contributed by atoms with Gasteiger partial charge in [-0.25, -0.2) is 4.98 Å². The van der Waals surface area contributed by atoms with Gasteiger partial charge in [-0.15, -0.1) is 0 Å². The van der Waals surface area contributed by atoms with Crippen molar-refractivity contribution in [1.82, 2.24) is 9.55 Å². The predicted molar refractivity (Wildman–Crippen MR) is 82.5 cm³/mol. The van der Waals surface area contributed by atoms with Gasteiger partial charge in [-0.2, -0.15) is 11.8 Å². The average molecular weight is 292 g/mol. The predicted octanol–water partition coefficient (Wildman–Crippen LogP) is 2.86. The van der Waals surface area contributed by atoms with E-state index >= 15 is 0 Å². The van der Waals surface area contributed by atoms with Crippen LogP contribution in [0.2, 0.25) is 0 Å². The minimum Gasteiger partial charge on any atom is -0.493 e. The molecule has 1 aliphatic carbocycles. The zero-order chi connectivity index (χ0) is 14.2. The molecule has 1 heterocycles. The number of aromatic nitrogens is 2. The molecule has 0 atom stereocenters. The molecule has 0 unspecified atom stereocenters. The fraction of sp³-hybridized carbons (Fsp3) is 0.533. The molecule has 1 fully saturated rings. The highest BCUT2D eigenvalue weighted by atomic mass is 32.2. The standard InChI is InChI=1S/C15H20N2O2S/c1-15(18)8-11(9-15)17-10-16-13-7-12(3-4-14(13)17)19-5-6-20-2/h3-4,7,10-11,18H,5-6,8-9H2,1-2H3. The summed E-state index contributed by atoms with van der Waals surface area (Å²) < 4.78 is 7.85. The number of benzene rings is 1. The number of thioether (sulfide) groups is 1. The number of aliphatic hydroxyl groups is 1. The van der Waals surface area contributed by atoms with Crippen LogP contribution in [0.15, 0.2) is 24.5 Å². The maximum atomic E-state index is 9.86. The van der Waals surface area contributed by atoms with Crippen LogP contribution < -0.4 is 4.74 Å². The maximum absolute atomic E-state index is 9.86. The number of ether oxygens (including phenoxy) is 1. The first kappa shape index (κ1) is 13.8. The van der Waals surface area contributed by atoms with Crippen LogP contribution >= 0.6 is 11.8 Å². The van der Waals surface area contributed by atoms with Gasteiger partial charge < -0.3 is 14.4 Å². The molecule has 0 saturated heterocycles. The van der Waals surface area contributed by atoms with Crippen molar-refractivity contribution < 1.29 is 9.84 Å². The molecular formula is C15H20N2O2S. The third-order valence-corrected chi connectivity index (χ3v) is 4.42. The Morgan fingerprint density at radius 1 is 1.50 bits per heavy atom. The molecule has 0 radical (unpaired) electrons. The van der Waals surface area contributed by atoms with Crippen molar-refractivity contribution in [3.8, 4) is 5.75 Å². The van der Waals surface area contributed by atoms with E-state index in [0.717, 1.165) is 42.0 Å². The number of fused-ring (bicyclic) bond motifs is 1. The molecule has 1 saturated carbocycles. The number of hydrogen-bond donors (Lipinski definition) is 1. The first-order chi connectivity index (χ1) is 9.59. The summed E-state index contributed by atoms with van der Waals surface area (Å²) in [4.78, 5) is 4.45. The van der Waals surface area contributed by atoms with Gasteiger partial charge in [0, 0.05) is 17.9 Å². The molecule has 4 nitrogen and oxygen atoms in total. The summed E-state index contributed by atoms with van der Waals surface area (Å²) in [6, 6.07) is 6.41. The minimum absolute atomic E-state index is 0.359. The molecular weight excluding hydrogens is 272 g/mol. The molecule has 1 aromatic carbocycles. The van der Waals surface area contributed by atoms with Crippen molar-refractivity contribution in [3.05, 3.63) is 24.5 Å². The Kier molecular flexibility index (Phi) is 3.65. The second kappa shape index (κ2) is 5.30. The van der Waals surface area contributed by atoms with E-state index in [9.17, 15) is 5.11 Å². The highest BCUT2D eigenvalue weighted by Gasteiger charge is 2.39. The summed E-state index contributed by atoms with van der Waals surface area (Å²) >= 11 is 1.77. The lowest BCUT2D eigenvalue weighted by Gasteiger charge is -2.41. The van der Waals surface area contributed by atoms with Crippen molar-refractivity contribution in [1.29, 1.82) is 0 Å². The first-order valence-corrected chi connectivity index (χ1v) is 8.29. The normalized spacial score (nSPS) is 25.6. The lowest BCUT2D eigenvalue weighted by atomic mass is 9.77. The summed E-state index contributed by atoms with van der Waals surface area (Å²) in [5.74, 6) is 1.86. The van der Waals surface area contributed by atoms with E-state index in [4.69, 9.17) is 4.74 Å². The molecule has 0 aliphatic heterocycles. The van der Waals surface area contributed by atoms with Gasteiger partial charge in [0.15, 0.2) is 0 Å². The molecule has 1 aliphatic rings. The SMILES string of the molecule is CSCCOc1ccc2c(c1)ncn2C1CC(C)(O)C1. The van der Waals surface area contributed by atoms with Crippen molar-refractivity contribution in [2.24, 2.45) is 0 Å². The Hall–Kier alpha value is -1.20. The van der Waals surface area contributed by atoms with Crippen LogP contribution in [0.3, 0.4) is 0 Å². The largest absolute Gasteiger partial charge is 0.493 e. The van der Waals surface area contributed by atoms with E-state index in [1.807, 2.05) is 25.4 Å². The lowest BCUT2D eigenvalue weighted by Crippen LogP contribution is -2.41. The molecule has 20 heavy (non-hydrogen) atoms. The molecule has 3 rings (SSSR count). The van der Waals surface area contributed by atoms with Gasteiger partial charge in [-0.1, -0.05) is 0 Å². The summed E-state index contributed by atoms with van der Waals surface area (Å²) in [7, 11) is 0. The smallest absolute Gasteiger partial charge is 0.121 e. The fourth-order valence-corrected chi connectivity index (χ4v) is 3.04. The van der Waals surface area contributed by atoms with Crippen molar-refractivity contribution in [3.63, 3.8) is 0 Å². The average Bonchev–Trinajstić information content (AvgIpc) is 2.79. The van der Waals surface area contributed by atoms with Gasteiger partial charge in [0.1, 0.15) is 5.75 Å². The van der Waals surface area contributed by atoms with E-state index in [2.05, 4.69) is 21.9 Å². The zero-order valence-electron chi connectivity index (χ0n) is 11.9. The van der Waals surface area contributed by atoms with Gasteiger partial charge in [-0.3, -0.25) is 0 Å². The Labute approximate surface area is 123 Å². The highest BCUT2D eigenvalue weighted by molar-refractivity contribution is 7.98. The van der Waals surface area contributed by atoms with Gasteiger partial charge in [0.2, 0.25) is 0 Å². The summed E-state index contributed by atoms with van der Waals surface area (Å²) in [5.41, 5.74) is 1.56. The van der Waals surface area contributed by atoms with Crippen LogP contribution in [0.4, 0.5) is 0 Å². The third-order valence-electron chi connectivity index (χ3n) is 3.85. The van der Waals surface area contributed by atoms with E-state index < -0.39 is 5.60 Å². The van der Waals surface area contributed by atoms with E-state index in [1.54, 1.807) is 11.8 Å². The van der Waals surface area contributed by atoms with Crippen LogP contribution in [-0.4, -0.2) is 38.9 Å². The molecule has 108 valence electrons. The third kappa shape index (κ3) is 2.65. The van der Waals surface area contributed by atoms with Gasteiger partial charge in [0.25, 0.3) is 0 Å². The van der Waals surface area contributed by atoms with E-state index in [-0.39, 0.29) is 0 Å². The molecule has 0 spiro atoms. The van der Waals surface area contributed by atoms with Crippen molar-refractivity contribution in [2.75, 3.05) is 18.6 Å². The molecule has 1 aromatic heterocycles. The van der Waals surface area contributed by atoms with E-state index in [1.165, 1.54) is 0 Å². The number of nitrogens with zero attached hydrogens (tertiary/aromatic N) is 2. The Morgan fingerprint density at radius 3 is 3.00 bits per heavy atom. The maximum Gasteiger partial charge on any atom is 0.121 e. The first-order valence-electron chi connectivity index (χ1n) is 6.90. The van der Waals surface area contributed by atoms with E-state index in [0.29, 0.717) is 6.04 Å². The Morgan fingerprint density at radius 2 is 2.30 bits per heavy atom.